The molecule has 1 aliphatic rings. The molecule has 2 aromatic carbocycles. The summed E-state index contributed by atoms with van der Waals surface area (Å²) in [4.78, 5) is 12.6. The minimum absolute atomic E-state index is 0.113. The van der Waals surface area contributed by atoms with Gasteiger partial charge in [0.05, 0.1) is 16.9 Å². The number of nitrogens with one attached hydrogen (secondary N) is 1. The van der Waals surface area contributed by atoms with Crippen LogP contribution >= 0.6 is 0 Å². The Balaban J connectivity index is 1.58. The summed E-state index contributed by atoms with van der Waals surface area (Å²) in [5.41, 5.74) is 2.08. The maximum absolute atomic E-state index is 12.6. The van der Waals surface area contributed by atoms with Crippen LogP contribution in [0.5, 0.6) is 0 Å². The van der Waals surface area contributed by atoms with Gasteiger partial charge in [0.25, 0.3) is 5.91 Å². The molecule has 0 spiro atoms. The van der Waals surface area contributed by atoms with Gasteiger partial charge in [0, 0.05) is 17.2 Å². The number of benzene rings is 2. The van der Waals surface area contributed by atoms with Crippen molar-refractivity contribution in [3.8, 4) is 11.3 Å². The minimum atomic E-state index is -2.95. The van der Waals surface area contributed by atoms with Crippen molar-refractivity contribution in [1.82, 2.24) is 10.5 Å². The van der Waals surface area contributed by atoms with E-state index in [1.165, 1.54) is 0 Å². The lowest BCUT2D eigenvalue weighted by Crippen LogP contribution is -2.40. The molecule has 1 saturated heterocycles. The summed E-state index contributed by atoms with van der Waals surface area (Å²) in [6.07, 6.45) is 0.914. The van der Waals surface area contributed by atoms with Crippen LogP contribution in [0.3, 0.4) is 0 Å². The standard InChI is InChI=1S/C19H18N2O4S/c22-19(20-15-8-10-26(23,24)11-9-15)14-6-7-17-16(12-14)18(25-21-17)13-4-2-1-3-5-13/h1-7,12,15H,8-11H2,(H,20,22). The van der Waals surface area contributed by atoms with Gasteiger partial charge in [-0.25, -0.2) is 8.42 Å². The van der Waals surface area contributed by atoms with Gasteiger partial charge >= 0.3 is 0 Å². The second kappa shape index (κ2) is 6.57. The Kier molecular flexibility index (Phi) is 4.24. The molecule has 7 heteroatoms. The monoisotopic (exact) mass is 370 g/mol. The third-order valence-corrected chi connectivity index (χ3v) is 6.38. The predicted octanol–water partition coefficient (Wildman–Crippen LogP) is 2.80. The number of amides is 1. The van der Waals surface area contributed by atoms with Gasteiger partial charge in [-0.05, 0) is 31.0 Å². The van der Waals surface area contributed by atoms with E-state index in [1.807, 2.05) is 30.3 Å². The largest absolute Gasteiger partial charge is 0.355 e. The molecule has 4 rings (SSSR count). The number of hydrogen-bond donors (Lipinski definition) is 1. The molecular weight excluding hydrogens is 352 g/mol. The van der Waals surface area contributed by atoms with E-state index in [1.54, 1.807) is 18.2 Å². The SMILES string of the molecule is O=C(NC1CCS(=O)(=O)CC1)c1ccc2noc(-c3ccccc3)c2c1. The van der Waals surface area contributed by atoms with Gasteiger partial charge in [0.2, 0.25) is 0 Å². The highest BCUT2D eigenvalue weighted by Gasteiger charge is 2.25. The zero-order valence-corrected chi connectivity index (χ0v) is 14.8. The van der Waals surface area contributed by atoms with Crippen LogP contribution in [0.1, 0.15) is 23.2 Å². The maximum atomic E-state index is 12.6. The highest BCUT2D eigenvalue weighted by Crippen LogP contribution is 2.29. The first-order valence-corrected chi connectivity index (χ1v) is 10.3. The summed E-state index contributed by atoms with van der Waals surface area (Å²) < 4.78 is 28.5. The van der Waals surface area contributed by atoms with Crippen LogP contribution in [-0.4, -0.2) is 37.0 Å². The fourth-order valence-electron chi connectivity index (χ4n) is 3.18. The van der Waals surface area contributed by atoms with Crippen LogP contribution in [0.25, 0.3) is 22.2 Å². The Morgan fingerprint density at radius 2 is 1.81 bits per heavy atom. The summed E-state index contributed by atoms with van der Waals surface area (Å²) in [5, 5.41) is 7.76. The number of carbonyl (C=O) groups excluding carboxylic acids is 1. The molecule has 2 heterocycles. The normalized spacial score (nSPS) is 17.2. The first-order valence-electron chi connectivity index (χ1n) is 8.48. The topological polar surface area (TPSA) is 89.3 Å². The molecular formula is C19H18N2O4S. The van der Waals surface area contributed by atoms with Crippen molar-refractivity contribution in [3.05, 3.63) is 54.1 Å². The van der Waals surface area contributed by atoms with E-state index in [-0.39, 0.29) is 23.5 Å². The van der Waals surface area contributed by atoms with E-state index in [2.05, 4.69) is 10.5 Å². The number of nitrogens with zero attached hydrogens (tertiary/aromatic N) is 1. The van der Waals surface area contributed by atoms with Gasteiger partial charge in [-0.15, -0.1) is 0 Å². The fraction of sp³-hybridized carbons (Fsp3) is 0.263. The summed E-state index contributed by atoms with van der Waals surface area (Å²) in [6, 6.07) is 14.7. The van der Waals surface area contributed by atoms with Gasteiger partial charge in [0.15, 0.2) is 5.76 Å². The Bertz CT molecular complexity index is 1040. The van der Waals surface area contributed by atoms with Crippen molar-refractivity contribution in [3.63, 3.8) is 0 Å². The molecule has 0 unspecified atom stereocenters. The van der Waals surface area contributed by atoms with Crippen molar-refractivity contribution in [2.24, 2.45) is 0 Å². The molecule has 1 N–H and O–H groups in total. The lowest BCUT2D eigenvalue weighted by Gasteiger charge is -2.23. The summed E-state index contributed by atoms with van der Waals surface area (Å²) in [6.45, 7) is 0. The third kappa shape index (κ3) is 3.35. The van der Waals surface area contributed by atoms with Crippen LogP contribution in [0.2, 0.25) is 0 Å². The molecule has 1 fully saturated rings. The maximum Gasteiger partial charge on any atom is 0.251 e. The Hall–Kier alpha value is -2.67. The molecule has 0 aliphatic carbocycles. The summed E-state index contributed by atoms with van der Waals surface area (Å²) >= 11 is 0. The molecule has 3 aromatic rings. The van der Waals surface area contributed by atoms with Gasteiger partial charge in [-0.2, -0.15) is 0 Å². The van der Waals surface area contributed by atoms with Crippen molar-refractivity contribution < 1.29 is 17.7 Å². The number of carbonyl (C=O) groups is 1. The first kappa shape index (κ1) is 16.8. The fourth-order valence-corrected chi connectivity index (χ4v) is 4.67. The number of rotatable bonds is 3. The van der Waals surface area contributed by atoms with Crippen molar-refractivity contribution in [1.29, 1.82) is 0 Å². The van der Waals surface area contributed by atoms with Gasteiger partial charge < -0.3 is 9.84 Å². The van der Waals surface area contributed by atoms with E-state index < -0.39 is 9.84 Å². The highest BCUT2D eigenvalue weighted by atomic mass is 32.2. The lowest BCUT2D eigenvalue weighted by molar-refractivity contribution is 0.0934. The molecule has 0 saturated carbocycles. The second-order valence-corrected chi connectivity index (χ2v) is 8.81. The average Bonchev–Trinajstić information content (AvgIpc) is 3.07. The van der Waals surface area contributed by atoms with Crippen LogP contribution in [0.4, 0.5) is 0 Å². The lowest BCUT2D eigenvalue weighted by atomic mass is 10.1. The molecule has 1 aromatic heterocycles. The van der Waals surface area contributed by atoms with Crippen molar-refractivity contribution in [2.45, 2.75) is 18.9 Å². The van der Waals surface area contributed by atoms with E-state index in [4.69, 9.17) is 4.52 Å². The van der Waals surface area contributed by atoms with Gasteiger partial charge in [-0.3, -0.25) is 4.79 Å². The molecule has 0 atom stereocenters. The number of hydrogen-bond acceptors (Lipinski definition) is 5. The highest BCUT2D eigenvalue weighted by molar-refractivity contribution is 7.91. The summed E-state index contributed by atoms with van der Waals surface area (Å²) in [5.74, 6) is 0.664. The smallest absolute Gasteiger partial charge is 0.251 e. The van der Waals surface area contributed by atoms with E-state index in [0.717, 1.165) is 10.9 Å². The average molecular weight is 370 g/mol. The Morgan fingerprint density at radius 3 is 2.54 bits per heavy atom. The van der Waals surface area contributed by atoms with Crippen LogP contribution in [-0.2, 0) is 9.84 Å². The number of sulfone groups is 1. The van der Waals surface area contributed by atoms with Gasteiger partial charge in [-0.1, -0.05) is 35.5 Å². The van der Waals surface area contributed by atoms with Crippen molar-refractivity contribution >= 4 is 26.6 Å². The molecule has 6 nitrogen and oxygen atoms in total. The summed E-state index contributed by atoms with van der Waals surface area (Å²) in [7, 11) is -2.95. The van der Waals surface area contributed by atoms with Crippen LogP contribution in [0.15, 0.2) is 53.1 Å². The molecule has 1 amide bonds. The number of aromatic nitrogens is 1. The van der Waals surface area contributed by atoms with Crippen LogP contribution in [0, 0.1) is 0 Å². The minimum Gasteiger partial charge on any atom is -0.355 e. The second-order valence-electron chi connectivity index (χ2n) is 6.51. The zero-order chi connectivity index (χ0) is 18.1. The molecule has 134 valence electrons. The third-order valence-electron chi connectivity index (χ3n) is 4.66. The van der Waals surface area contributed by atoms with Gasteiger partial charge in [0.1, 0.15) is 15.4 Å². The quantitative estimate of drug-likeness (QED) is 0.766. The Labute approximate surface area is 151 Å². The number of fused-ring (bicyclic) bond motifs is 1. The molecule has 0 radical (unpaired) electrons. The molecule has 0 bridgehead atoms. The van der Waals surface area contributed by atoms with Crippen LogP contribution < -0.4 is 5.32 Å². The van der Waals surface area contributed by atoms with E-state index >= 15 is 0 Å². The van der Waals surface area contributed by atoms with Crippen molar-refractivity contribution in [2.75, 3.05) is 11.5 Å². The predicted molar refractivity (Wildman–Crippen MR) is 98.6 cm³/mol. The zero-order valence-electron chi connectivity index (χ0n) is 14.0. The van der Waals surface area contributed by atoms with E-state index in [0.29, 0.717) is 29.7 Å². The molecule has 26 heavy (non-hydrogen) atoms. The Morgan fingerprint density at radius 1 is 1.08 bits per heavy atom. The first-order chi connectivity index (χ1) is 12.5. The molecule has 1 aliphatic heterocycles. The van der Waals surface area contributed by atoms with E-state index in [9.17, 15) is 13.2 Å².